The molecule has 0 unspecified atom stereocenters. The lowest BCUT2D eigenvalue weighted by molar-refractivity contribution is -0.117. The van der Waals surface area contributed by atoms with Crippen molar-refractivity contribution >= 4 is 27.2 Å². The molecule has 1 amide bonds. The van der Waals surface area contributed by atoms with Crippen LogP contribution in [0.4, 0.5) is 5.69 Å². The van der Waals surface area contributed by atoms with Crippen LogP contribution < -0.4 is 5.32 Å². The predicted molar refractivity (Wildman–Crippen MR) is 116 cm³/mol. The Balaban J connectivity index is 1.63. The van der Waals surface area contributed by atoms with Crippen molar-refractivity contribution in [2.45, 2.75) is 18.2 Å². The number of aryl methyl sites for hydroxylation is 1. The van der Waals surface area contributed by atoms with Gasteiger partial charge in [0.1, 0.15) is 0 Å². The third-order valence-corrected chi connectivity index (χ3v) is 6.99. The second-order valence-electron chi connectivity index (χ2n) is 7.40. The summed E-state index contributed by atoms with van der Waals surface area (Å²) in [7, 11) is -0.574. The van der Waals surface area contributed by atoms with Gasteiger partial charge < -0.3 is 5.32 Å². The van der Waals surface area contributed by atoms with Crippen molar-refractivity contribution in [2.75, 3.05) is 39.0 Å². The van der Waals surface area contributed by atoms with Crippen LogP contribution in [0.2, 0.25) is 0 Å². The highest BCUT2D eigenvalue weighted by atomic mass is 32.2. The van der Waals surface area contributed by atoms with Gasteiger partial charge in [0.15, 0.2) is 0 Å². The van der Waals surface area contributed by atoms with Crippen molar-refractivity contribution in [1.82, 2.24) is 9.21 Å². The Morgan fingerprint density at radius 1 is 1.14 bits per heavy atom. The maximum atomic E-state index is 12.5. The fourth-order valence-corrected chi connectivity index (χ4v) is 4.47. The summed E-state index contributed by atoms with van der Waals surface area (Å²) in [6.45, 7) is 3.53. The molecule has 0 aromatic heterocycles. The number of benzene rings is 2. The number of amides is 1. The average Bonchev–Trinajstić information content (AvgIpc) is 2.70. The van der Waals surface area contributed by atoms with Gasteiger partial charge in [-0.05, 0) is 42.2 Å². The van der Waals surface area contributed by atoms with Crippen molar-refractivity contribution in [1.29, 1.82) is 0 Å². The van der Waals surface area contributed by atoms with Gasteiger partial charge >= 0.3 is 0 Å². The molecule has 3 rings (SSSR count). The first-order valence-electron chi connectivity index (χ1n) is 9.57. The molecule has 0 saturated carbocycles. The van der Waals surface area contributed by atoms with E-state index in [4.69, 9.17) is 0 Å². The van der Waals surface area contributed by atoms with Crippen LogP contribution in [0.15, 0.2) is 59.5 Å². The SMILES string of the molecule is Cc1ccc(NC(=O)CN2CC=C(c3ccccc3)CC2)cc1S(=O)(=O)N(C)C. The number of carbonyl (C=O) groups excluding carboxylic acids is 1. The number of sulfonamides is 1. The highest BCUT2D eigenvalue weighted by molar-refractivity contribution is 7.89. The fraction of sp³-hybridized carbons (Fsp3) is 0.318. The molecule has 1 aliphatic rings. The van der Waals surface area contributed by atoms with Gasteiger partial charge in [-0.2, -0.15) is 0 Å². The Bertz CT molecular complexity index is 1010. The largest absolute Gasteiger partial charge is 0.325 e. The van der Waals surface area contributed by atoms with E-state index in [9.17, 15) is 13.2 Å². The highest BCUT2D eigenvalue weighted by Gasteiger charge is 2.21. The van der Waals surface area contributed by atoms with Crippen molar-refractivity contribution in [2.24, 2.45) is 0 Å². The third-order valence-electron chi connectivity index (χ3n) is 5.04. The van der Waals surface area contributed by atoms with Crippen LogP contribution >= 0.6 is 0 Å². The van der Waals surface area contributed by atoms with Crippen molar-refractivity contribution in [3.8, 4) is 0 Å². The van der Waals surface area contributed by atoms with E-state index in [1.165, 1.54) is 35.6 Å². The second-order valence-corrected chi connectivity index (χ2v) is 9.52. The Morgan fingerprint density at radius 3 is 2.48 bits per heavy atom. The summed E-state index contributed by atoms with van der Waals surface area (Å²) in [5, 5.41) is 2.83. The van der Waals surface area contributed by atoms with E-state index >= 15 is 0 Å². The van der Waals surface area contributed by atoms with E-state index in [1.54, 1.807) is 19.1 Å². The Hall–Kier alpha value is -2.48. The van der Waals surface area contributed by atoms with E-state index in [0.717, 1.165) is 13.0 Å². The number of rotatable bonds is 6. The summed E-state index contributed by atoms with van der Waals surface area (Å²) in [5.41, 5.74) is 3.66. The zero-order valence-corrected chi connectivity index (χ0v) is 17.9. The second kappa shape index (κ2) is 8.90. The molecule has 1 aliphatic heterocycles. The summed E-state index contributed by atoms with van der Waals surface area (Å²) in [4.78, 5) is 14.8. The molecule has 0 atom stereocenters. The van der Waals surface area contributed by atoms with Crippen molar-refractivity contribution < 1.29 is 13.2 Å². The van der Waals surface area contributed by atoms with Crippen LogP contribution in [0, 0.1) is 6.92 Å². The molecule has 0 radical (unpaired) electrons. The molecule has 0 saturated heterocycles. The highest BCUT2D eigenvalue weighted by Crippen LogP contribution is 2.23. The molecule has 1 heterocycles. The van der Waals surface area contributed by atoms with E-state index in [0.29, 0.717) is 17.8 Å². The topological polar surface area (TPSA) is 69.7 Å². The first kappa shape index (κ1) is 21.2. The van der Waals surface area contributed by atoms with Crippen LogP contribution in [0.3, 0.4) is 0 Å². The first-order valence-corrected chi connectivity index (χ1v) is 11.0. The van der Waals surface area contributed by atoms with Gasteiger partial charge in [-0.15, -0.1) is 0 Å². The van der Waals surface area contributed by atoms with Crippen LogP contribution in [0.1, 0.15) is 17.5 Å². The molecular weight excluding hydrogens is 386 g/mol. The number of carbonyl (C=O) groups is 1. The number of anilines is 1. The molecule has 2 aromatic rings. The average molecular weight is 414 g/mol. The molecule has 2 aromatic carbocycles. The van der Waals surface area contributed by atoms with Gasteiger partial charge in [0, 0.05) is 32.9 Å². The normalized spacial score (nSPS) is 15.2. The summed E-state index contributed by atoms with van der Waals surface area (Å²) >= 11 is 0. The van der Waals surface area contributed by atoms with Gasteiger partial charge in [0.25, 0.3) is 0 Å². The molecule has 6 nitrogen and oxygen atoms in total. The number of hydrogen-bond acceptors (Lipinski definition) is 4. The van der Waals surface area contributed by atoms with Gasteiger partial charge in [0.2, 0.25) is 15.9 Å². The monoisotopic (exact) mass is 413 g/mol. The molecule has 0 spiro atoms. The van der Waals surface area contributed by atoms with Crippen LogP contribution in [0.25, 0.3) is 5.57 Å². The van der Waals surface area contributed by atoms with E-state index < -0.39 is 10.0 Å². The van der Waals surface area contributed by atoms with Crippen LogP contribution in [-0.2, 0) is 14.8 Å². The standard InChI is InChI=1S/C22H27N3O3S/c1-17-9-10-20(15-21(17)29(27,28)24(2)3)23-22(26)16-25-13-11-19(12-14-25)18-7-5-4-6-8-18/h4-11,15H,12-14,16H2,1-3H3,(H,23,26). The number of nitrogens with zero attached hydrogens (tertiary/aromatic N) is 2. The van der Waals surface area contributed by atoms with Crippen molar-refractivity contribution in [3.05, 3.63) is 65.7 Å². The zero-order chi connectivity index (χ0) is 21.0. The Labute approximate surface area is 172 Å². The van der Waals surface area contributed by atoms with Gasteiger partial charge in [-0.3, -0.25) is 9.69 Å². The molecular formula is C22H27N3O3S. The zero-order valence-electron chi connectivity index (χ0n) is 17.1. The van der Waals surface area contributed by atoms with E-state index in [-0.39, 0.29) is 17.3 Å². The maximum absolute atomic E-state index is 12.5. The minimum absolute atomic E-state index is 0.154. The Kier molecular flexibility index (Phi) is 6.52. The van der Waals surface area contributed by atoms with Gasteiger partial charge in [0.05, 0.1) is 11.4 Å². The third kappa shape index (κ3) is 5.12. The quantitative estimate of drug-likeness (QED) is 0.791. The smallest absolute Gasteiger partial charge is 0.242 e. The van der Waals surface area contributed by atoms with Crippen LogP contribution in [-0.4, -0.2) is 57.3 Å². The molecule has 29 heavy (non-hydrogen) atoms. The predicted octanol–water partition coefficient (Wildman–Crippen LogP) is 2.97. The fourth-order valence-electron chi connectivity index (χ4n) is 3.33. The van der Waals surface area contributed by atoms with E-state index in [1.807, 2.05) is 18.2 Å². The number of nitrogens with one attached hydrogen (secondary N) is 1. The molecule has 154 valence electrons. The minimum Gasteiger partial charge on any atom is -0.325 e. The van der Waals surface area contributed by atoms with Crippen LogP contribution in [0.5, 0.6) is 0 Å². The van der Waals surface area contributed by atoms with Crippen molar-refractivity contribution in [3.63, 3.8) is 0 Å². The number of hydrogen-bond donors (Lipinski definition) is 1. The molecule has 0 aliphatic carbocycles. The maximum Gasteiger partial charge on any atom is 0.242 e. The lowest BCUT2D eigenvalue weighted by atomic mass is 10.00. The lowest BCUT2D eigenvalue weighted by Crippen LogP contribution is -2.36. The summed E-state index contributed by atoms with van der Waals surface area (Å²) in [6, 6.07) is 15.2. The van der Waals surface area contributed by atoms with Gasteiger partial charge in [-0.1, -0.05) is 42.5 Å². The molecule has 1 N–H and O–H groups in total. The summed E-state index contributed by atoms with van der Waals surface area (Å²) in [6.07, 6.45) is 3.06. The molecule has 0 fully saturated rings. The molecule has 0 bridgehead atoms. The minimum atomic E-state index is -3.56. The summed E-state index contributed by atoms with van der Waals surface area (Å²) < 4.78 is 26.1. The Morgan fingerprint density at radius 2 is 1.86 bits per heavy atom. The lowest BCUT2D eigenvalue weighted by Gasteiger charge is -2.26. The van der Waals surface area contributed by atoms with Gasteiger partial charge in [-0.25, -0.2) is 12.7 Å². The summed E-state index contributed by atoms with van der Waals surface area (Å²) in [5.74, 6) is -0.154. The first-order chi connectivity index (χ1) is 13.8. The van der Waals surface area contributed by atoms with E-state index in [2.05, 4.69) is 28.4 Å². The molecule has 7 heteroatoms.